The van der Waals surface area contributed by atoms with E-state index in [0.717, 1.165) is 23.4 Å². The summed E-state index contributed by atoms with van der Waals surface area (Å²) in [5, 5.41) is 2.86. The van der Waals surface area contributed by atoms with Gasteiger partial charge < -0.3 is 24.6 Å². The predicted molar refractivity (Wildman–Crippen MR) is 138 cm³/mol. The zero-order chi connectivity index (χ0) is 24.6. The molecular weight excluding hydrogens is 442 g/mol. The minimum Gasteiger partial charge on any atom is -0.489 e. The number of nitrogens with zero attached hydrogens (tertiary/aromatic N) is 2. The molecule has 0 saturated carbocycles. The van der Waals surface area contributed by atoms with E-state index in [9.17, 15) is 9.59 Å². The van der Waals surface area contributed by atoms with Crippen molar-refractivity contribution in [3.8, 4) is 11.5 Å². The highest BCUT2D eigenvalue weighted by Crippen LogP contribution is 2.34. The molecule has 0 atom stereocenters. The van der Waals surface area contributed by atoms with Crippen molar-refractivity contribution < 1.29 is 19.1 Å². The molecule has 1 N–H and O–H groups in total. The van der Waals surface area contributed by atoms with Crippen LogP contribution in [0.1, 0.15) is 11.1 Å². The number of carbonyl (C=O) groups is 2. The van der Waals surface area contributed by atoms with Gasteiger partial charge >= 0.3 is 0 Å². The van der Waals surface area contributed by atoms with Gasteiger partial charge in [-0.1, -0.05) is 42.5 Å². The van der Waals surface area contributed by atoms with E-state index in [2.05, 4.69) is 5.32 Å². The van der Waals surface area contributed by atoms with Gasteiger partial charge in [0.05, 0.1) is 5.69 Å². The molecule has 0 saturated heterocycles. The molecule has 0 unspecified atom stereocenters. The van der Waals surface area contributed by atoms with Gasteiger partial charge in [0, 0.05) is 24.9 Å². The Kier molecular flexibility index (Phi) is 7.80. The smallest absolute Gasteiger partial charge is 0.265 e. The Hall–Kier alpha value is -4.10. The molecule has 3 aromatic rings. The van der Waals surface area contributed by atoms with Crippen molar-refractivity contribution in [2.45, 2.75) is 6.61 Å². The van der Waals surface area contributed by atoms with E-state index < -0.39 is 0 Å². The molecular formula is C28H29N3O4. The minimum absolute atomic E-state index is 0.0188. The van der Waals surface area contributed by atoms with Crippen LogP contribution in [0.5, 0.6) is 11.5 Å². The highest BCUT2D eigenvalue weighted by molar-refractivity contribution is 6.03. The summed E-state index contributed by atoms with van der Waals surface area (Å²) in [4.78, 5) is 28.6. The maximum atomic E-state index is 12.5. The van der Waals surface area contributed by atoms with E-state index in [-0.39, 0.29) is 18.4 Å². The Balaban J connectivity index is 1.35. The minimum atomic E-state index is -0.266. The Bertz CT molecular complexity index is 1190. The summed E-state index contributed by atoms with van der Waals surface area (Å²) in [5.41, 5.74) is 3.24. The lowest BCUT2D eigenvalue weighted by Crippen LogP contribution is -2.42. The van der Waals surface area contributed by atoms with E-state index >= 15 is 0 Å². The molecule has 0 radical (unpaired) electrons. The number of ether oxygens (including phenoxy) is 2. The first-order chi connectivity index (χ1) is 17.0. The average molecular weight is 472 g/mol. The van der Waals surface area contributed by atoms with Crippen LogP contribution >= 0.6 is 0 Å². The molecule has 7 nitrogen and oxygen atoms in total. The largest absolute Gasteiger partial charge is 0.489 e. The Labute approximate surface area is 205 Å². The van der Waals surface area contributed by atoms with E-state index in [1.807, 2.05) is 73.6 Å². The van der Waals surface area contributed by atoms with Crippen molar-refractivity contribution >= 4 is 29.3 Å². The van der Waals surface area contributed by atoms with Crippen LogP contribution in [0.2, 0.25) is 0 Å². The summed E-state index contributed by atoms with van der Waals surface area (Å²) < 4.78 is 11.3. The molecule has 35 heavy (non-hydrogen) atoms. The van der Waals surface area contributed by atoms with Crippen LogP contribution in [-0.2, 0) is 16.2 Å². The van der Waals surface area contributed by atoms with Crippen LogP contribution in [0.4, 0.5) is 11.4 Å². The number of nitrogens with one attached hydrogen (secondary N) is 1. The first-order valence-corrected chi connectivity index (χ1v) is 11.5. The van der Waals surface area contributed by atoms with Gasteiger partial charge in [-0.25, -0.2) is 0 Å². The molecule has 0 aliphatic carbocycles. The van der Waals surface area contributed by atoms with Crippen LogP contribution in [0, 0.1) is 0 Å². The summed E-state index contributed by atoms with van der Waals surface area (Å²) in [5.74, 6) is 1.03. The van der Waals surface area contributed by atoms with Crippen molar-refractivity contribution in [1.82, 2.24) is 4.90 Å². The SMILES string of the molecule is CN(C)CCN1C(=O)COc2ccc(NC(=O)/C=C/c3ccc(OCc4ccccc4)cc3)cc21. The van der Waals surface area contributed by atoms with Crippen molar-refractivity contribution in [1.29, 1.82) is 0 Å². The molecule has 2 amide bonds. The van der Waals surface area contributed by atoms with E-state index in [0.29, 0.717) is 30.3 Å². The van der Waals surface area contributed by atoms with Gasteiger partial charge in [-0.2, -0.15) is 0 Å². The van der Waals surface area contributed by atoms with Crippen LogP contribution < -0.4 is 19.7 Å². The quantitative estimate of drug-likeness (QED) is 0.474. The van der Waals surface area contributed by atoms with Crippen LogP contribution in [-0.4, -0.2) is 50.5 Å². The van der Waals surface area contributed by atoms with Gasteiger partial charge in [0.25, 0.3) is 5.91 Å². The number of carbonyl (C=O) groups excluding carboxylic acids is 2. The maximum Gasteiger partial charge on any atom is 0.265 e. The number of benzene rings is 3. The van der Waals surface area contributed by atoms with Crippen molar-refractivity contribution in [3.05, 3.63) is 90.0 Å². The van der Waals surface area contributed by atoms with E-state index in [4.69, 9.17) is 9.47 Å². The molecule has 0 aromatic heterocycles. The predicted octanol–water partition coefficient (Wildman–Crippen LogP) is 4.20. The number of likely N-dealkylation sites (N-methyl/N-ethyl adjacent to an activating group) is 1. The van der Waals surface area contributed by atoms with Gasteiger partial charge in [-0.3, -0.25) is 9.59 Å². The fourth-order valence-electron chi connectivity index (χ4n) is 3.60. The fraction of sp³-hybridized carbons (Fsp3) is 0.214. The summed E-state index contributed by atoms with van der Waals surface area (Å²) >= 11 is 0. The van der Waals surface area contributed by atoms with Crippen LogP contribution in [0.15, 0.2) is 78.9 Å². The number of amides is 2. The second-order valence-electron chi connectivity index (χ2n) is 8.49. The number of fused-ring (bicyclic) bond motifs is 1. The third-order valence-corrected chi connectivity index (χ3v) is 5.50. The van der Waals surface area contributed by atoms with Gasteiger partial charge in [-0.05, 0) is 61.6 Å². The van der Waals surface area contributed by atoms with Crippen molar-refractivity contribution in [2.24, 2.45) is 0 Å². The Morgan fingerprint density at radius 1 is 1.09 bits per heavy atom. The van der Waals surface area contributed by atoms with Crippen molar-refractivity contribution in [2.75, 3.05) is 44.0 Å². The summed E-state index contributed by atoms with van der Waals surface area (Å²) in [6, 6.07) is 22.8. The lowest BCUT2D eigenvalue weighted by atomic mass is 10.2. The monoisotopic (exact) mass is 471 g/mol. The fourth-order valence-corrected chi connectivity index (χ4v) is 3.60. The lowest BCUT2D eigenvalue weighted by molar-refractivity contribution is -0.121. The number of anilines is 2. The third-order valence-electron chi connectivity index (χ3n) is 5.50. The first kappa shape index (κ1) is 24.0. The molecule has 1 aliphatic rings. The maximum absolute atomic E-state index is 12.5. The Morgan fingerprint density at radius 3 is 2.60 bits per heavy atom. The summed E-state index contributed by atoms with van der Waals surface area (Å²) in [6.45, 7) is 1.79. The van der Waals surface area contributed by atoms with Crippen molar-refractivity contribution in [3.63, 3.8) is 0 Å². The highest BCUT2D eigenvalue weighted by Gasteiger charge is 2.25. The second-order valence-corrected chi connectivity index (χ2v) is 8.49. The summed E-state index contributed by atoms with van der Waals surface area (Å²) in [7, 11) is 3.92. The molecule has 180 valence electrons. The topological polar surface area (TPSA) is 71.1 Å². The van der Waals surface area contributed by atoms with Crippen LogP contribution in [0.25, 0.3) is 6.08 Å². The molecule has 0 bridgehead atoms. The van der Waals surface area contributed by atoms with Gasteiger partial charge in [-0.15, -0.1) is 0 Å². The summed E-state index contributed by atoms with van der Waals surface area (Å²) in [6.07, 6.45) is 3.22. The molecule has 0 fully saturated rings. The third kappa shape index (κ3) is 6.71. The standard InChI is InChI=1S/C28H29N3O4/c1-30(2)16-17-31-25-18-23(11-14-26(25)35-20-28(31)33)29-27(32)15-10-21-8-12-24(13-9-21)34-19-22-6-4-3-5-7-22/h3-15,18H,16-17,19-20H2,1-2H3,(H,29,32)/b15-10+. The molecule has 1 aliphatic heterocycles. The average Bonchev–Trinajstić information content (AvgIpc) is 2.87. The number of rotatable bonds is 9. The molecule has 7 heteroatoms. The highest BCUT2D eigenvalue weighted by atomic mass is 16.5. The van der Waals surface area contributed by atoms with Gasteiger partial charge in [0.2, 0.25) is 5.91 Å². The molecule has 0 spiro atoms. The van der Waals surface area contributed by atoms with Gasteiger partial charge in [0.1, 0.15) is 18.1 Å². The molecule has 3 aromatic carbocycles. The number of hydrogen-bond donors (Lipinski definition) is 1. The van der Waals surface area contributed by atoms with E-state index in [1.165, 1.54) is 6.08 Å². The number of hydrogen-bond acceptors (Lipinski definition) is 5. The molecule has 1 heterocycles. The second kappa shape index (κ2) is 11.4. The Morgan fingerprint density at radius 2 is 1.86 bits per heavy atom. The zero-order valence-electron chi connectivity index (χ0n) is 19.9. The first-order valence-electron chi connectivity index (χ1n) is 11.5. The lowest BCUT2D eigenvalue weighted by Gasteiger charge is -2.30. The zero-order valence-corrected chi connectivity index (χ0v) is 19.9. The molecule has 4 rings (SSSR count). The normalized spacial score (nSPS) is 13.0. The van der Waals surface area contributed by atoms with Gasteiger partial charge in [0.15, 0.2) is 6.61 Å². The van der Waals surface area contributed by atoms with Crippen LogP contribution in [0.3, 0.4) is 0 Å². The van der Waals surface area contributed by atoms with E-state index in [1.54, 1.807) is 29.2 Å².